The molecular formula is C13H24N4O2S. The van der Waals surface area contributed by atoms with Gasteiger partial charge in [0.15, 0.2) is 5.03 Å². The Hall–Kier alpha value is -0.920. The SMILES string of the molecule is CCc1ncc(S(=O)(=O)NCC2CCN(CC)CC2)[nH]1. The van der Waals surface area contributed by atoms with Crippen molar-refractivity contribution in [2.24, 2.45) is 5.92 Å². The molecule has 20 heavy (non-hydrogen) atoms. The molecule has 1 aromatic rings. The van der Waals surface area contributed by atoms with Gasteiger partial charge in [-0.2, -0.15) is 0 Å². The molecule has 0 aliphatic carbocycles. The molecule has 1 aliphatic rings. The van der Waals surface area contributed by atoms with Gasteiger partial charge in [0.2, 0.25) is 0 Å². The van der Waals surface area contributed by atoms with Crippen molar-refractivity contribution in [1.82, 2.24) is 19.6 Å². The van der Waals surface area contributed by atoms with Gasteiger partial charge in [-0.1, -0.05) is 13.8 Å². The molecule has 0 bridgehead atoms. The van der Waals surface area contributed by atoms with E-state index < -0.39 is 10.0 Å². The first-order chi connectivity index (χ1) is 9.55. The second-order valence-electron chi connectivity index (χ2n) is 5.28. The molecule has 6 nitrogen and oxygen atoms in total. The maximum atomic E-state index is 12.1. The van der Waals surface area contributed by atoms with Crippen LogP contribution < -0.4 is 4.72 Å². The summed E-state index contributed by atoms with van der Waals surface area (Å²) in [5.41, 5.74) is 0. The standard InChI is InChI=1S/C13H24N4O2S/c1-3-12-14-10-13(16-12)20(18,19)15-9-11-5-7-17(4-2)8-6-11/h10-11,15H,3-9H2,1-2H3,(H,14,16). The molecule has 0 saturated carbocycles. The second-order valence-corrected chi connectivity index (χ2v) is 7.01. The molecule has 1 aromatic heterocycles. The van der Waals surface area contributed by atoms with E-state index in [1.165, 1.54) is 6.20 Å². The third-order valence-corrected chi connectivity index (χ3v) is 5.28. The van der Waals surface area contributed by atoms with Gasteiger partial charge in [-0.15, -0.1) is 0 Å². The summed E-state index contributed by atoms with van der Waals surface area (Å²) in [5.74, 6) is 1.13. The van der Waals surface area contributed by atoms with Crippen LogP contribution in [0, 0.1) is 5.92 Å². The summed E-state index contributed by atoms with van der Waals surface area (Å²) in [6.07, 6.45) is 4.20. The Bertz CT molecular complexity index is 518. The Morgan fingerprint density at radius 2 is 2.10 bits per heavy atom. The fraction of sp³-hybridized carbons (Fsp3) is 0.769. The number of imidazole rings is 1. The van der Waals surface area contributed by atoms with Crippen LogP contribution in [-0.2, 0) is 16.4 Å². The van der Waals surface area contributed by atoms with E-state index in [2.05, 4.69) is 26.5 Å². The highest BCUT2D eigenvalue weighted by Crippen LogP contribution is 2.17. The minimum atomic E-state index is -3.45. The molecule has 7 heteroatoms. The summed E-state index contributed by atoms with van der Waals surface area (Å²) in [5, 5.41) is 0.167. The summed E-state index contributed by atoms with van der Waals surface area (Å²) in [4.78, 5) is 9.27. The minimum Gasteiger partial charge on any atom is -0.332 e. The van der Waals surface area contributed by atoms with Crippen LogP contribution in [0.15, 0.2) is 11.2 Å². The van der Waals surface area contributed by atoms with Gasteiger partial charge >= 0.3 is 0 Å². The number of hydrogen-bond donors (Lipinski definition) is 2. The van der Waals surface area contributed by atoms with Crippen LogP contribution in [0.2, 0.25) is 0 Å². The maximum Gasteiger partial charge on any atom is 0.257 e. The molecule has 0 radical (unpaired) electrons. The number of nitrogens with one attached hydrogen (secondary N) is 2. The van der Waals surface area contributed by atoms with Crippen molar-refractivity contribution >= 4 is 10.0 Å². The van der Waals surface area contributed by atoms with Gasteiger partial charge in [-0.25, -0.2) is 18.1 Å². The van der Waals surface area contributed by atoms with Crippen molar-refractivity contribution in [1.29, 1.82) is 0 Å². The van der Waals surface area contributed by atoms with Crippen molar-refractivity contribution in [3.63, 3.8) is 0 Å². The van der Waals surface area contributed by atoms with Gasteiger partial charge in [0.25, 0.3) is 10.0 Å². The van der Waals surface area contributed by atoms with Gasteiger partial charge in [0.05, 0.1) is 6.20 Å². The second kappa shape index (κ2) is 6.69. The number of H-pyrrole nitrogens is 1. The van der Waals surface area contributed by atoms with Crippen molar-refractivity contribution in [2.45, 2.75) is 38.1 Å². The Morgan fingerprint density at radius 3 is 2.65 bits per heavy atom. The third kappa shape index (κ3) is 3.80. The normalized spacial score (nSPS) is 18.5. The quantitative estimate of drug-likeness (QED) is 0.821. The molecule has 2 rings (SSSR count). The van der Waals surface area contributed by atoms with Gasteiger partial charge in [-0.3, -0.25) is 0 Å². The van der Waals surface area contributed by atoms with E-state index in [1.54, 1.807) is 0 Å². The van der Waals surface area contributed by atoms with Crippen molar-refractivity contribution in [2.75, 3.05) is 26.2 Å². The van der Waals surface area contributed by atoms with E-state index in [4.69, 9.17) is 0 Å². The number of aromatic amines is 1. The maximum absolute atomic E-state index is 12.1. The van der Waals surface area contributed by atoms with Gasteiger partial charge in [0, 0.05) is 13.0 Å². The van der Waals surface area contributed by atoms with Crippen LogP contribution >= 0.6 is 0 Å². The van der Waals surface area contributed by atoms with Crippen LogP contribution in [0.5, 0.6) is 0 Å². The Labute approximate surface area is 121 Å². The zero-order chi connectivity index (χ0) is 14.6. The predicted octanol–water partition coefficient (Wildman–Crippen LogP) is 0.982. The fourth-order valence-corrected chi connectivity index (χ4v) is 3.53. The fourth-order valence-electron chi connectivity index (χ4n) is 2.47. The summed E-state index contributed by atoms with van der Waals surface area (Å²) in [6.45, 7) is 7.81. The first kappa shape index (κ1) is 15.5. The van der Waals surface area contributed by atoms with E-state index >= 15 is 0 Å². The van der Waals surface area contributed by atoms with Gasteiger partial charge in [0.1, 0.15) is 5.82 Å². The molecule has 2 N–H and O–H groups in total. The molecule has 114 valence electrons. The van der Waals surface area contributed by atoms with Crippen molar-refractivity contribution < 1.29 is 8.42 Å². The predicted molar refractivity (Wildman–Crippen MR) is 78.0 cm³/mol. The van der Waals surface area contributed by atoms with E-state index in [1.807, 2.05) is 6.92 Å². The van der Waals surface area contributed by atoms with E-state index in [-0.39, 0.29) is 5.03 Å². The van der Waals surface area contributed by atoms with E-state index in [0.717, 1.165) is 32.5 Å². The largest absolute Gasteiger partial charge is 0.332 e. The lowest BCUT2D eigenvalue weighted by Crippen LogP contribution is -2.38. The van der Waals surface area contributed by atoms with Crippen LogP contribution in [0.3, 0.4) is 0 Å². The molecule has 0 atom stereocenters. The molecule has 0 spiro atoms. The number of piperidine rings is 1. The lowest BCUT2D eigenvalue weighted by Gasteiger charge is -2.30. The molecule has 1 aliphatic heterocycles. The molecule has 1 saturated heterocycles. The summed E-state index contributed by atoms with van der Waals surface area (Å²) >= 11 is 0. The molecular weight excluding hydrogens is 276 g/mol. The first-order valence-electron chi connectivity index (χ1n) is 7.31. The average Bonchev–Trinajstić information content (AvgIpc) is 2.95. The lowest BCUT2D eigenvalue weighted by atomic mass is 9.97. The average molecular weight is 300 g/mol. The minimum absolute atomic E-state index is 0.167. The molecule has 2 heterocycles. The highest BCUT2D eigenvalue weighted by atomic mass is 32.2. The van der Waals surface area contributed by atoms with Crippen LogP contribution in [0.4, 0.5) is 0 Å². The third-order valence-electron chi connectivity index (χ3n) is 3.95. The zero-order valence-corrected chi connectivity index (χ0v) is 13.0. The molecule has 0 amide bonds. The zero-order valence-electron chi connectivity index (χ0n) is 12.2. The van der Waals surface area contributed by atoms with Crippen LogP contribution in [0.1, 0.15) is 32.5 Å². The Morgan fingerprint density at radius 1 is 1.40 bits per heavy atom. The van der Waals surface area contributed by atoms with Gasteiger partial charge < -0.3 is 9.88 Å². The summed E-state index contributed by atoms with van der Waals surface area (Å²) < 4.78 is 27.0. The monoisotopic (exact) mass is 300 g/mol. The number of nitrogens with zero attached hydrogens (tertiary/aromatic N) is 2. The molecule has 0 unspecified atom stereocenters. The first-order valence-corrected chi connectivity index (χ1v) is 8.79. The highest BCUT2D eigenvalue weighted by Gasteiger charge is 2.22. The molecule has 0 aromatic carbocycles. The van der Waals surface area contributed by atoms with E-state index in [9.17, 15) is 8.42 Å². The summed E-state index contributed by atoms with van der Waals surface area (Å²) in [7, 11) is -3.45. The topological polar surface area (TPSA) is 78.1 Å². The molecule has 1 fully saturated rings. The van der Waals surface area contributed by atoms with Crippen molar-refractivity contribution in [3.8, 4) is 0 Å². The van der Waals surface area contributed by atoms with Gasteiger partial charge in [-0.05, 0) is 38.4 Å². The highest BCUT2D eigenvalue weighted by molar-refractivity contribution is 7.89. The number of aryl methyl sites for hydroxylation is 1. The number of aromatic nitrogens is 2. The smallest absolute Gasteiger partial charge is 0.257 e. The van der Waals surface area contributed by atoms with Crippen LogP contribution in [0.25, 0.3) is 0 Å². The van der Waals surface area contributed by atoms with Crippen molar-refractivity contribution in [3.05, 3.63) is 12.0 Å². The number of rotatable bonds is 6. The Kier molecular flexibility index (Phi) is 5.17. The summed E-state index contributed by atoms with van der Waals surface area (Å²) in [6, 6.07) is 0. The Balaban J connectivity index is 1.87. The van der Waals surface area contributed by atoms with E-state index in [0.29, 0.717) is 24.7 Å². The number of hydrogen-bond acceptors (Lipinski definition) is 4. The number of sulfonamides is 1. The lowest BCUT2D eigenvalue weighted by molar-refractivity contribution is 0.193. The number of likely N-dealkylation sites (tertiary alicyclic amines) is 1. The van der Waals surface area contributed by atoms with Crippen LogP contribution in [-0.4, -0.2) is 49.5 Å².